The predicted octanol–water partition coefficient (Wildman–Crippen LogP) is 4.61. The first kappa shape index (κ1) is 14.2. The molecule has 0 spiro atoms. The van der Waals surface area contributed by atoms with Crippen LogP contribution in [-0.4, -0.2) is 12.0 Å². The van der Waals surface area contributed by atoms with E-state index >= 15 is 0 Å². The van der Waals surface area contributed by atoms with Gasteiger partial charge in [0.05, 0.1) is 11.6 Å². The smallest absolute Gasteiger partial charge is 0.0705 e. The summed E-state index contributed by atoms with van der Waals surface area (Å²) in [6.07, 6.45) is 0. The molecule has 106 valence electrons. The Morgan fingerprint density at radius 1 is 1.00 bits per heavy atom. The molecule has 3 heteroatoms. The van der Waals surface area contributed by atoms with Gasteiger partial charge in [-0.2, -0.15) is 0 Å². The van der Waals surface area contributed by atoms with E-state index in [2.05, 4.69) is 74.8 Å². The highest BCUT2D eigenvalue weighted by molar-refractivity contribution is 9.10. The van der Waals surface area contributed by atoms with Crippen LogP contribution in [0, 0.1) is 6.92 Å². The number of hydrogen-bond acceptors (Lipinski definition) is 2. The minimum absolute atomic E-state index is 0.174. The third-order valence-electron chi connectivity index (χ3n) is 3.66. The number of halogens is 1. The highest BCUT2D eigenvalue weighted by Crippen LogP contribution is 2.26. The van der Waals surface area contributed by atoms with E-state index in [-0.39, 0.29) is 6.04 Å². The van der Waals surface area contributed by atoms with Crippen molar-refractivity contribution in [2.45, 2.75) is 13.0 Å². The zero-order valence-corrected chi connectivity index (χ0v) is 13.7. The Morgan fingerprint density at radius 3 is 2.57 bits per heavy atom. The van der Waals surface area contributed by atoms with Crippen molar-refractivity contribution in [2.24, 2.45) is 0 Å². The van der Waals surface area contributed by atoms with Crippen LogP contribution in [0.2, 0.25) is 0 Å². The van der Waals surface area contributed by atoms with Crippen LogP contribution < -0.4 is 5.32 Å². The number of hydrogen-bond donors (Lipinski definition) is 1. The van der Waals surface area contributed by atoms with Crippen LogP contribution in [0.1, 0.15) is 22.9 Å². The second-order valence-electron chi connectivity index (χ2n) is 5.18. The number of nitrogens with zero attached hydrogens (tertiary/aromatic N) is 1. The molecule has 3 aromatic rings. The number of aryl methyl sites for hydroxylation is 1. The van der Waals surface area contributed by atoms with E-state index in [4.69, 9.17) is 0 Å². The number of benzene rings is 2. The second kappa shape index (κ2) is 5.96. The summed E-state index contributed by atoms with van der Waals surface area (Å²) in [5, 5.41) is 4.57. The Hall–Kier alpha value is -1.71. The molecule has 21 heavy (non-hydrogen) atoms. The third-order valence-corrected chi connectivity index (χ3v) is 4.15. The normalized spacial score (nSPS) is 12.5. The van der Waals surface area contributed by atoms with E-state index in [0.29, 0.717) is 0 Å². The zero-order valence-electron chi connectivity index (χ0n) is 12.1. The quantitative estimate of drug-likeness (QED) is 0.752. The molecule has 1 unspecified atom stereocenters. The van der Waals surface area contributed by atoms with E-state index in [1.807, 2.05) is 20.0 Å². The minimum atomic E-state index is 0.174. The summed E-state index contributed by atoms with van der Waals surface area (Å²) >= 11 is 3.54. The van der Waals surface area contributed by atoms with Crippen LogP contribution in [0.4, 0.5) is 0 Å². The zero-order chi connectivity index (χ0) is 14.8. The summed E-state index contributed by atoms with van der Waals surface area (Å²) < 4.78 is 1.10. The van der Waals surface area contributed by atoms with Crippen molar-refractivity contribution in [1.29, 1.82) is 0 Å². The molecular formula is C18H17BrN2. The van der Waals surface area contributed by atoms with Crippen LogP contribution in [0.5, 0.6) is 0 Å². The van der Waals surface area contributed by atoms with Crippen LogP contribution in [0.15, 0.2) is 59.1 Å². The molecule has 0 amide bonds. The molecule has 0 aliphatic carbocycles. The Balaban J connectivity index is 2.06. The maximum Gasteiger partial charge on any atom is 0.0705 e. The number of aromatic nitrogens is 1. The van der Waals surface area contributed by atoms with Crippen molar-refractivity contribution < 1.29 is 0 Å². The topological polar surface area (TPSA) is 24.9 Å². The summed E-state index contributed by atoms with van der Waals surface area (Å²) in [4.78, 5) is 4.56. The molecule has 2 nitrogen and oxygen atoms in total. The van der Waals surface area contributed by atoms with Crippen molar-refractivity contribution in [1.82, 2.24) is 10.3 Å². The van der Waals surface area contributed by atoms with Gasteiger partial charge >= 0.3 is 0 Å². The summed E-state index contributed by atoms with van der Waals surface area (Å²) in [7, 11) is 1.99. The molecular weight excluding hydrogens is 324 g/mol. The monoisotopic (exact) mass is 340 g/mol. The number of nitrogens with one attached hydrogen (secondary N) is 1. The average molecular weight is 341 g/mol. The lowest BCUT2D eigenvalue weighted by molar-refractivity contribution is 0.692. The molecule has 3 rings (SSSR count). The maximum atomic E-state index is 4.56. The Morgan fingerprint density at radius 2 is 1.81 bits per heavy atom. The molecule has 1 heterocycles. The molecule has 1 aromatic heterocycles. The Kier molecular flexibility index (Phi) is 4.04. The fourth-order valence-electron chi connectivity index (χ4n) is 2.64. The summed E-state index contributed by atoms with van der Waals surface area (Å²) in [6.45, 7) is 2.02. The molecule has 2 aromatic carbocycles. The van der Waals surface area contributed by atoms with Gasteiger partial charge in [-0.25, -0.2) is 0 Å². The first-order chi connectivity index (χ1) is 10.2. The highest BCUT2D eigenvalue weighted by Gasteiger charge is 2.12. The molecule has 0 bridgehead atoms. The lowest BCUT2D eigenvalue weighted by Crippen LogP contribution is -2.17. The number of pyridine rings is 1. The molecule has 0 radical (unpaired) electrons. The minimum Gasteiger partial charge on any atom is -0.309 e. The van der Waals surface area contributed by atoms with E-state index < -0.39 is 0 Å². The van der Waals surface area contributed by atoms with Crippen molar-refractivity contribution in [3.63, 3.8) is 0 Å². The van der Waals surface area contributed by atoms with Gasteiger partial charge in [0.2, 0.25) is 0 Å². The molecule has 0 fully saturated rings. The molecule has 1 atom stereocenters. The van der Waals surface area contributed by atoms with Crippen molar-refractivity contribution >= 4 is 26.8 Å². The maximum absolute atomic E-state index is 4.56. The van der Waals surface area contributed by atoms with E-state index in [1.54, 1.807) is 0 Å². The van der Waals surface area contributed by atoms with Crippen LogP contribution in [0.3, 0.4) is 0 Å². The van der Waals surface area contributed by atoms with Crippen LogP contribution >= 0.6 is 15.9 Å². The fourth-order valence-corrected chi connectivity index (χ4v) is 3.05. The Bertz CT molecular complexity index is 783. The van der Waals surface area contributed by atoms with Gasteiger partial charge in [0, 0.05) is 15.6 Å². The second-order valence-corrected chi connectivity index (χ2v) is 6.10. The third kappa shape index (κ3) is 2.99. The number of rotatable bonds is 3. The van der Waals surface area contributed by atoms with Gasteiger partial charge in [-0.15, -0.1) is 0 Å². The summed E-state index contributed by atoms with van der Waals surface area (Å²) in [5.41, 5.74) is 4.58. The van der Waals surface area contributed by atoms with Crippen molar-refractivity contribution in [2.75, 3.05) is 7.05 Å². The summed E-state index contributed by atoms with van der Waals surface area (Å²) in [6, 6.07) is 19.2. The van der Waals surface area contributed by atoms with E-state index in [9.17, 15) is 0 Å². The lowest BCUT2D eigenvalue weighted by atomic mass is 9.97. The van der Waals surface area contributed by atoms with Gasteiger partial charge in [-0.05, 0) is 55.4 Å². The van der Waals surface area contributed by atoms with Gasteiger partial charge in [0.15, 0.2) is 0 Å². The van der Waals surface area contributed by atoms with Gasteiger partial charge in [0.25, 0.3) is 0 Å². The lowest BCUT2D eigenvalue weighted by Gasteiger charge is -2.18. The van der Waals surface area contributed by atoms with E-state index in [1.165, 1.54) is 16.5 Å². The highest BCUT2D eigenvalue weighted by atomic mass is 79.9. The van der Waals surface area contributed by atoms with Gasteiger partial charge in [-0.1, -0.05) is 40.2 Å². The average Bonchev–Trinajstić information content (AvgIpc) is 2.48. The number of fused-ring (bicyclic) bond motifs is 1. The van der Waals surface area contributed by atoms with Gasteiger partial charge < -0.3 is 5.32 Å². The molecule has 0 aliphatic rings. The summed E-state index contributed by atoms with van der Waals surface area (Å²) in [5.74, 6) is 0. The predicted molar refractivity (Wildman–Crippen MR) is 91.5 cm³/mol. The Labute approximate surface area is 133 Å². The molecule has 0 saturated carbocycles. The largest absolute Gasteiger partial charge is 0.309 e. The van der Waals surface area contributed by atoms with Gasteiger partial charge in [0.1, 0.15) is 0 Å². The van der Waals surface area contributed by atoms with Gasteiger partial charge in [-0.3, -0.25) is 4.98 Å². The fraction of sp³-hybridized carbons (Fsp3) is 0.167. The first-order valence-electron chi connectivity index (χ1n) is 6.97. The van der Waals surface area contributed by atoms with Crippen LogP contribution in [0.25, 0.3) is 10.9 Å². The van der Waals surface area contributed by atoms with Crippen molar-refractivity contribution in [3.8, 4) is 0 Å². The molecule has 1 N–H and O–H groups in total. The van der Waals surface area contributed by atoms with E-state index in [0.717, 1.165) is 15.7 Å². The standard InChI is InChI=1S/C18H17BrN2/c1-12-6-7-13-10-15(8-9-17(13)21-12)18(20-2)14-4-3-5-16(19)11-14/h3-11,18,20H,1-2H3. The first-order valence-corrected chi connectivity index (χ1v) is 7.77. The molecule has 0 saturated heterocycles. The SMILES string of the molecule is CNC(c1cccc(Br)c1)c1ccc2nc(C)ccc2c1. The molecule has 0 aliphatic heterocycles. The van der Waals surface area contributed by atoms with Crippen molar-refractivity contribution in [3.05, 3.63) is 75.9 Å². The van der Waals surface area contributed by atoms with Crippen LogP contribution in [-0.2, 0) is 0 Å².